The fourth-order valence-corrected chi connectivity index (χ4v) is 11.6. The summed E-state index contributed by atoms with van der Waals surface area (Å²) in [5, 5.41) is 1.13. The first-order chi connectivity index (χ1) is 30.3. The normalized spacial score (nSPS) is 14.7. The average Bonchev–Trinajstić information content (AvgIpc) is 3.26. The Morgan fingerprint density at radius 1 is 0.312 bits per heavy atom. The van der Waals surface area contributed by atoms with E-state index in [4.69, 9.17) is 9.05 Å². The molecule has 0 N–H and O–H groups in total. The predicted octanol–water partition coefficient (Wildman–Crippen LogP) is 14.0. The van der Waals surface area contributed by atoms with Gasteiger partial charge >= 0.3 is 24.7 Å². The van der Waals surface area contributed by atoms with Crippen LogP contribution in [0.3, 0.4) is 0 Å². The SMILES string of the molecule is FC(F)(F)c1ccc(P(Oc2ccc3c(c2-c2c(OP(c4ccc(C(F)(F)F)cc4)c4ccc(C(F)(F)F)cc4)ccc4c2CCCC4)CCCC3)c2ccc(C(F)(F)F)cc2)cc1. The van der Waals surface area contributed by atoms with Gasteiger partial charge in [-0.25, -0.2) is 0 Å². The standard InChI is InChI=1S/C48H36F12O2P2/c49-45(50,51)31-11-19-35(20-12-31)63(36-21-13-32(14-22-36)46(52,53)54)61-41-27-9-29-5-1-3-7-39(29)43(41)44-40-8-4-2-6-30(40)10-28-42(44)62-64(37-23-15-33(16-24-37)47(55,56)57)38-25-17-34(18-26-38)48(58,59)60/h9-28H,1-8H2. The molecule has 0 saturated carbocycles. The Hall–Kier alpha value is -5.06. The van der Waals surface area contributed by atoms with Gasteiger partial charge in [-0.2, -0.15) is 52.7 Å². The molecule has 6 aromatic rings. The number of alkyl halides is 12. The lowest BCUT2D eigenvalue weighted by Crippen LogP contribution is -2.19. The number of aryl methyl sites for hydroxylation is 2. The van der Waals surface area contributed by atoms with Gasteiger partial charge in [0.15, 0.2) is 16.3 Å². The molecule has 334 valence electrons. The first-order valence-corrected chi connectivity index (χ1v) is 22.7. The summed E-state index contributed by atoms with van der Waals surface area (Å²) < 4.78 is 179. The average molecular weight is 935 g/mol. The summed E-state index contributed by atoms with van der Waals surface area (Å²) in [6.45, 7) is 0. The summed E-state index contributed by atoms with van der Waals surface area (Å²) in [5.41, 5.74) is 1.28. The highest BCUT2D eigenvalue weighted by Gasteiger charge is 2.36. The number of hydrogen-bond acceptors (Lipinski definition) is 2. The topological polar surface area (TPSA) is 18.5 Å². The van der Waals surface area contributed by atoms with Crippen LogP contribution in [-0.4, -0.2) is 0 Å². The van der Waals surface area contributed by atoms with Crippen molar-refractivity contribution in [2.45, 2.75) is 76.1 Å². The number of benzene rings is 6. The molecule has 2 aliphatic rings. The summed E-state index contributed by atoms with van der Waals surface area (Å²) in [6, 6.07) is 24.3. The molecule has 0 unspecified atom stereocenters. The molecule has 16 heteroatoms. The van der Waals surface area contributed by atoms with Crippen molar-refractivity contribution in [2.24, 2.45) is 0 Å². The lowest BCUT2D eigenvalue weighted by atomic mass is 9.80. The van der Waals surface area contributed by atoms with Crippen molar-refractivity contribution in [3.8, 4) is 22.6 Å². The molecule has 2 aliphatic carbocycles. The minimum Gasteiger partial charge on any atom is -0.464 e. The van der Waals surface area contributed by atoms with E-state index in [0.717, 1.165) is 96.5 Å². The van der Waals surface area contributed by atoms with Crippen molar-refractivity contribution in [1.82, 2.24) is 0 Å². The summed E-state index contributed by atoms with van der Waals surface area (Å²) in [5.74, 6) is 0.563. The van der Waals surface area contributed by atoms with E-state index in [9.17, 15) is 52.7 Å². The lowest BCUT2D eigenvalue weighted by molar-refractivity contribution is -0.138. The van der Waals surface area contributed by atoms with Crippen LogP contribution in [0.1, 0.15) is 70.2 Å². The Morgan fingerprint density at radius 3 is 0.812 bits per heavy atom. The molecule has 0 radical (unpaired) electrons. The van der Waals surface area contributed by atoms with Crippen LogP contribution in [0, 0.1) is 0 Å². The zero-order chi connectivity index (χ0) is 45.6. The molecule has 0 amide bonds. The Labute approximate surface area is 362 Å². The quantitative estimate of drug-likeness (QED) is 0.106. The summed E-state index contributed by atoms with van der Waals surface area (Å²) in [6.07, 6.45) is -12.8. The van der Waals surface area contributed by atoms with Gasteiger partial charge in [0.25, 0.3) is 0 Å². The molecule has 2 nitrogen and oxygen atoms in total. The van der Waals surface area contributed by atoms with Crippen molar-refractivity contribution in [3.05, 3.63) is 166 Å². The number of fused-ring (bicyclic) bond motifs is 2. The molecule has 6 aromatic carbocycles. The van der Waals surface area contributed by atoms with E-state index in [1.54, 1.807) is 12.1 Å². The van der Waals surface area contributed by atoms with Crippen LogP contribution in [0.4, 0.5) is 52.7 Å². The predicted molar refractivity (Wildman–Crippen MR) is 225 cm³/mol. The molecule has 0 spiro atoms. The van der Waals surface area contributed by atoms with Gasteiger partial charge in [-0.05, 0) is 134 Å². The van der Waals surface area contributed by atoms with E-state index in [-0.39, 0.29) is 32.7 Å². The van der Waals surface area contributed by atoms with Crippen LogP contribution in [0.2, 0.25) is 0 Å². The van der Waals surface area contributed by atoms with Crippen LogP contribution < -0.4 is 30.3 Å². The number of halogens is 12. The second-order valence-electron chi connectivity index (χ2n) is 15.5. The van der Waals surface area contributed by atoms with E-state index < -0.39 is 63.3 Å². The summed E-state index contributed by atoms with van der Waals surface area (Å²) >= 11 is 0. The molecular formula is C48H36F12O2P2. The zero-order valence-electron chi connectivity index (χ0n) is 33.5. The maximum atomic E-state index is 13.7. The molecule has 0 aromatic heterocycles. The Kier molecular flexibility index (Phi) is 12.6. The Morgan fingerprint density at radius 2 is 0.562 bits per heavy atom. The molecule has 0 saturated heterocycles. The van der Waals surface area contributed by atoms with Gasteiger partial charge in [-0.3, -0.25) is 0 Å². The van der Waals surface area contributed by atoms with Crippen molar-refractivity contribution in [3.63, 3.8) is 0 Å². The van der Waals surface area contributed by atoms with Gasteiger partial charge in [-0.1, -0.05) is 60.7 Å². The Balaban J connectivity index is 1.32. The summed E-state index contributed by atoms with van der Waals surface area (Å²) in [7, 11) is -4.27. The first-order valence-electron chi connectivity index (χ1n) is 20.2. The van der Waals surface area contributed by atoms with Crippen molar-refractivity contribution >= 4 is 37.5 Å². The fraction of sp³-hybridized carbons (Fsp3) is 0.250. The minimum atomic E-state index is -4.66. The highest BCUT2D eigenvalue weighted by Crippen LogP contribution is 2.53. The highest BCUT2D eigenvalue weighted by atomic mass is 31.1. The molecule has 0 heterocycles. The van der Waals surface area contributed by atoms with Crippen molar-refractivity contribution in [2.75, 3.05) is 0 Å². The van der Waals surface area contributed by atoms with Crippen LogP contribution >= 0.6 is 16.3 Å². The lowest BCUT2D eigenvalue weighted by Gasteiger charge is -2.30. The van der Waals surface area contributed by atoms with Gasteiger partial charge < -0.3 is 9.05 Å². The van der Waals surface area contributed by atoms with Crippen LogP contribution in [0.25, 0.3) is 11.1 Å². The maximum Gasteiger partial charge on any atom is 0.416 e. The zero-order valence-corrected chi connectivity index (χ0v) is 35.2. The number of hydrogen-bond donors (Lipinski definition) is 0. The van der Waals surface area contributed by atoms with Gasteiger partial charge in [0.05, 0.1) is 22.3 Å². The van der Waals surface area contributed by atoms with E-state index in [0.29, 0.717) is 36.8 Å². The molecule has 0 atom stereocenters. The molecule has 64 heavy (non-hydrogen) atoms. The molecule has 0 bridgehead atoms. The van der Waals surface area contributed by atoms with E-state index >= 15 is 0 Å². The van der Waals surface area contributed by atoms with E-state index in [1.807, 2.05) is 12.1 Å². The Bertz CT molecular complexity index is 2300. The van der Waals surface area contributed by atoms with Gasteiger partial charge in [0, 0.05) is 32.3 Å². The second kappa shape index (κ2) is 17.7. The fourth-order valence-electron chi connectivity index (χ4n) is 8.16. The minimum absolute atomic E-state index is 0.281. The smallest absolute Gasteiger partial charge is 0.416 e. The maximum absolute atomic E-state index is 13.7. The highest BCUT2D eigenvalue weighted by molar-refractivity contribution is 7.69. The molecule has 0 aliphatic heterocycles. The monoisotopic (exact) mass is 934 g/mol. The molecule has 0 fully saturated rings. The third kappa shape index (κ3) is 9.79. The van der Waals surface area contributed by atoms with Crippen LogP contribution in [0.15, 0.2) is 121 Å². The van der Waals surface area contributed by atoms with Crippen LogP contribution in [0.5, 0.6) is 11.5 Å². The third-order valence-electron chi connectivity index (χ3n) is 11.3. The second-order valence-corrected chi connectivity index (χ2v) is 19.1. The van der Waals surface area contributed by atoms with Crippen molar-refractivity contribution in [1.29, 1.82) is 0 Å². The molecule has 8 rings (SSSR count). The summed E-state index contributed by atoms with van der Waals surface area (Å²) in [4.78, 5) is 0. The van der Waals surface area contributed by atoms with Gasteiger partial charge in [0.2, 0.25) is 0 Å². The van der Waals surface area contributed by atoms with Gasteiger partial charge in [-0.15, -0.1) is 0 Å². The first kappa shape index (κ1) is 45.5. The largest absolute Gasteiger partial charge is 0.464 e. The molecular weight excluding hydrogens is 898 g/mol. The number of rotatable bonds is 9. The van der Waals surface area contributed by atoms with E-state index in [2.05, 4.69) is 0 Å². The van der Waals surface area contributed by atoms with E-state index in [1.165, 1.54) is 48.5 Å². The van der Waals surface area contributed by atoms with Crippen molar-refractivity contribution < 1.29 is 61.7 Å². The van der Waals surface area contributed by atoms with Crippen LogP contribution in [-0.2, 0) is 50.4 Å². The third-order valence-corrected chi connectivity index (χ3v) is 15.2. The van der Waals surface area contributed by atoms with Gasteiger partial charge in [0.1, 0.15) is 11.5 Å².